The third-order valence-corrected chi connectivity index (χ3v) is 7.59. The van der Waals surface area contributed by atoms with Crippen LogP contribution in [0.4, 0.5) is 0 Å². The lowest BCUT2D eigenvalue weighted by Crippen LogP contribution is -2.48. The molecule has 1 aliphatic carbocycles. The molecular formula is C20H28Br2O2. The van der Waals surface area contributed by atoms with E-state index in [0.717, 1.165) is 29.5 Å². The number of benzene rings is 1. The summed E-state index contributed by atoms with van der Waals surface area (Å²) >= 11 is 7.42. The highest BCUT2D eigenvalue weighted by Gasteiger charge is 2.55. The molecule has 0 amide bonds. The maximum absolute atomic E-state index is 6.69. The molecule has 0 spiro atoms. The van der Waals surface area contributed by atoms with E-state index in [2.05, 4.69) is 64.8 Å². The van der Waals surface area contributed by atoms with Gasteiger partial charge >= 0.3 is 0 Å². The lowest BCUT2D eigenvalue weighted by Gasteiger charge is -2.48. The second kappa shape index (κ2) is 6.92. The molecule has 4 heteroatoms. The van der Waals surface area contributed by atoms with Crippen LogP contribution in [0.1, 0.15) is 50.7 Å². The average Bonchev–Trinajstić information content (AvgIpc) is 2.90. The summed E-state index contributed by atoms with van der Waals surface area (Å²) in [5.74, 6) is 1.58. The van der Waals surface area contributed by atoms with E-state index in [4.69, 9.17) is 9.47 Å². The molecule has 0 aromatic heterocycles. The maximum Gasteiger partial charge on any atom is 0.122 e. The maximum atomic E-state index is 6.69. The topological polar surface area (TPSA) is 18.5 Å². The monoisotopic (exact) mass is 458 g/mol. The second-order valence-electron chi connectivity index (χ2n) is 8.18. The van der Waals surface area contributed by atoms with Crippen LogP contribution in [-0.4, -0.2) is 24.1 Å². The van der Waals surface area contributed by atoms with Crippen LogP contribution in [0.15, 0.2) is 16.6 Å². The van der Waals surface area contributed by atoms with Gasteiger partial charge in [0.2, 0.25) is 0 Å². The van der Waals surface area contributed by atoms with E-state index in [-0.39, 0.29) is 5.60 Å². The molecule has 3 rings (SSSR count). The predicted molar refractivity (Wildman–Crippen MR) is 106 cm³/mol. The Balaban J connectivity index is 1.97. The Hall–Kier alpha value is -0.0600. The molecule has 134 valence electrons. The molecule has 0 N–H and O–H groups in total. The van der Waals surface area contributed by atoms with E-state index in [9.17, 15) is 0 Å². The Labute approximate surface area is 162 Å². The van der Waals surface area contributed by atoms with Gasteiger partial charge in [0.25, 0.3) is 0 Å². The summed E-state index contributed by atoms with van der Waals surface area (Å²) in [6.45, 7) is 6.94. The zero-order chi connectivity index (χ0) is 17.5. The lowest BCUT2D eigenvalue weighted by molar-refractivity contribution is -0.0997. The highest BCUT2D eigenvalue weighted by molar-refractivity contribution is 9.10. The van der Waals surface area contributed by atoms with Crippen molar-refractivity contribution < 1.29 is 9.47 Å². The summed E-state index contributed by atoms with van der Waals surface area (Å²) in [5, 5.41) is 0.930. The summed E-state index contributed by atoms with van der Waals surface area (Å²) in [7, 11) is 1.75. The van der Waals surface area contributed by atoms with Gasteiger partial charge in [-0.1, -0.05) is 52.1 Å². The third-order valence-electron chi connectivity index (χ3n) is 6.13. The van der Waals surface area contributed by atoms with Crippen LogP contribution in [0.3, 0.4) is 0 Å². The van der Waals surface area contributed by atoms with Gasteiger partial charge in [-0.2, -0.15) is 0 Å². The summed E-state index contributed by atoms with van der Waals surface area (Å²) in [5.41, 5.74) is 2.77. The first-order valence-corrected chi connectivity index (χ1v) is 10.8. The highest BCUT2D eigenvalue weighted by atomic mass is 79.9. The fraction of sp³-hybridized carbons (Fsp3) is 0.700. The minimum atomic E-state index is -0.0387. The number of methoxy groups -OCH3 is 1. The number of rotatable bonds is 4. The van der Waals surface area contributed by atoms with Crippen LogP contribution in [0.2, 0.25) is 0 Å². The number of alkyl halides is 1. The minimum Gasteiger partial charge on any atom is -0.496 e. The summed E-state index contributed by atoms with van der Waals surface area (Å²) < 4.78 is 13.4. The van der Waals surface area contributed by atoms with Crippen molar-refractivity contribution in [2.24, 2.45) is 11.3 Å². The lowest BCUT2D eigenvalue weighted by atomic mass is 9.59. The molecule has 0 bridgehead atoms. The summed E-state index contributed by atoms with van der Waals surface area (Å²) in [6.07, 6.45) is 6.17. The number of aryl methyl sites for hydroxylation is 1. The third kappa shape index (κ3) is 3.31. The van der Waals surface area contributed by atoms with Crippen LogP contribution in [0.25, 0.3) is 0 Å². The Morgan fingerprint density at radius 2 is 2.04 bits per heavy atom. The van der Waals surface area contributed by atoms with Crippen molar-refractivity contribution in [2.45, 2.75) is 64.6 Å². The van der Waals surface area contributed by atoms with Gasteiger partial charge in [-0.15, -0.1) is 0 Å². The first kappa shape index (κ1) is 18.7. The first-order chi connectivity index (χ1) is 11.3. The Morgan fingerprint density at radius 3 is 2.71 bits per heavy atom. The molecule has 24 heavy (non-hydrogen) atoms. The largest absolute Gasteiger partial charge is 0.496 e. The molecule has 1 aromatic rings. The van der Waals surface area contributed by atoms with Crippen LogP contribution in [-0.2, 0) is 11.2 Å². The minimum absolute atomic E-state index is 0.0387. The quantitative estimate of drug-likeness (QED) is 0.509. The fourth-order valence-electron chi connectivity index (χ4n) is 4.94. The molecule has 2 fully saturated rings. The smallest absolute Gasteiger partial charge is 0.122 e. The molecule has 2 nitrogen and oxygen atoms in total. The number of halogens is 2. The second-order valence-corrected chi connectivity index (χ2v) is 9.68. The molecule has 1 aromatic carbocycles. The molecule has 2 aliphatic rings. The Kier molecular flexibility index (Phi) is 5.40. The van der Waals surface area contributed by atoms with Crippen molar-refractivity contribution in [3.8, 4) is 5.75 Å². The molecular weight excluding hydrogens is 432 g/mol. The van der Waals surface area contributed by atoms with Gasteiger partial charge in [-0.05, 0) is 60.8 Å². The van der Waals surface area contributed by atoms with Crippen molar-refractivity contribution >= 4 is 31.9 Å². The molecule has 1 aliphatic heterocycles. The summed E-state index contributed by atoms with van der Waals surface area (Å²) in [6, 6.07) is 4.36. The molecule has 1 unspecified atom stereocenters. The van der Waals surface area contributed by atoms with Gasteiger partial charge in [-0.3, -0.25) is 0 Å². The van der Waals surface area contributed by atoms with E-state index in [1.54, 1.807) is 7.11 Å². The standard InChI is InChI=1S/C20H28Br2O2/c1-13-8-16(22)14(9-17(13)23-4)11-20-7-5-6-19(2,3)18(20)10-15(12-21)24-20/h8-9,15,18H,5-7,10-12H2,1-4H3/t15?,18-,20-/m0/s1. The predicted octanol–water partition coefficient (Wildman–Crippen LogP) is 6.06. The van der Waals surface area contributed by atoms with Crippen LogP contribution in [0, 0.1) is 18.3 Å². The van der Waals surface area contributed by atoms with Gasteiger partial charge in [0, 0.05) is 16.2 Å². The number of fused-ring (bicyclic) bond motifs is 1. The van der Waals surface area contributed by atoms with Crippen LogP contribution >= 0.6 is 31.9 Å². The molecule has 3 atom stereocenters. The van der Waals surface area contributed by atoms with Crippen molar-refractivity contribution in [2.75, 3.05) is 12.4 Å². The molecule has 1 saturated heterocycles. The van der Waals surface area contributed by atoms with Gasteiger partial charge in [-0.25, -0.2) is 0 Å². The van der Waals surface area contributed by atoms with Crippen molar-refractivity contribution in [3.63, 3.8) is 0 Å². The normalized spacial score (nSPS) is 31.8. The average molecular weight is 460 g/mol. The number of ether oxygens (including phenoxy) is 2. The SMILES string of the molecule is COc1cc(C[C@@]23CCCC(C)(C)[C@@H]2CC(CBr)O3)c(Br)cc1C. The van der Waals surface area contributed by atoms with E-state index < -0.39 is 0 Å². The van der Waals surface area contributed by atoms with Gasteiger partial charge < -0.3 is 9.47 Å². The van der Waals surface area contributed by atoms with E-state index in [0.29, 0.717) is 17.4 Å². The molecule has 0 radical (unpaired) electrons. The number of hydrogen-bond acceptors (Lipinski definition) is 2. The Morgan fingerprint density at radius 1 is 1.29 bits per heavy atom. The van der Waals surface area contributed by atoms with Gasteiger partial charge in [0.15, 0.2) is 0 Å². The number of hydrogen-bond donors (Lipinski definition) is 0. The first-order valence-electron chi connectivity index (χ1n) is 8.88. The zero-order valence-corrected chi connectivity index (χ0v) is 18.3. The van der Waals surface area contributed by atoms with Crippen LogP contribution < -0.4 is 4.74 Å². The van der Waals surface area contributed by atoms with Crippen LogP contribution in [0.5, 0.6) is 5.75 Å². The van der Waals surface area contributed by atoms with E-state index in [1.807, 2.05) is 0 Å². The molecule has 1 saturated carbocycles. The highest BCUT2D eigenvalue weighted by Crippen LogP contribution is 2.56. The van der Waals surface area contributed by atoms with Crippen molar-refractivity contribution in [1.29, 1.82) is 0 Å². The fourth-order valence-corrected chi connectivity index (χ4v) is 5.94. The van der Waals surface area contributed by atoms with Gasteiger partial charge in [0.05, 0.1) is 18.8 Å². The Bertz CT molecular complexity index is 614. The van der Waals surface area contributed by atoms with Crippen molar-refractivity contribution in [1.82, 2.24) is 0 Å². The van der Waals surface area contributed by atoms with Crippen molar-refractivity contribution in [3.05, 3.63) is 27.7 Å². The van der Waals surface area contributed by atoms with E-state index >= 15 is 0 Å². The summed E-state index contributed by atoms with van der Waals surface area (Å²) in [4.78, 5) is 0. The van der Waals surface area contributed by atoms with E-state index in [1.165, 1.54) is 29.3 Å². The zero-order valence-electron chi connectivity index (χ0n) is 15.1. The van der Waals surface area contributed by atoms with Gasteiger partial charge in [0.1, 0.15) is 5.75 Å². The molecule has 1 heterocycles.